The molecule has 6 nitrogen and oxygen atoms in total. The van der Waals surface area contributed by atoms with E-state index in [2.05, 4.69) is 5.32 Å². The highest BCUT2D eigenvalue weighted by Gasteiger charge is 2.04. The Labute approximate surface area is 99.0 Å². The van der Waals surface area contributed by atoms with Crippen molar-refractivity contribution in [2.45, 2.75) is 19.4 Å². The van der Waals surface area contributed by atoms with Gasteiger partial charge in [0.05, 0.1) is 4.92 Å². The van der Waals surface area contributed by atoms with E-state index in [1.54, 1.807) is 12.1 Å². The van der Waals surface area contributed by atoms with Crippen LogP contribution in [0.3, 0.4) is 0 Å². The molecule has 0 aromatic heterocycles. The number of nitro groups is 1. The maximum atomic E-state index is 11.3. The summed E-state index contributed by atoms with van der Waals surface area (Å²) in [5.74, 6) is -0.0613. The maximum absolute atomic E-state index is 11.3. The van der Waals surface area contributed by atoms with E-state index in [1.165, 1.54) is 12.1 Å². The van der Waals surface area contributed by atoms with Gasteiger partial charge in [-0.2, -0.15) is 0 Å². The standard InChI is InChI=1S/C11H15N3O3/c12-7-1-2-11(15)13-8-9-3-5-10(6-4-9)14(16)17/h3-6H,1-2,7-8,12H2,(H,13,15). The van der Waals surface area contributed by atoms with Crippen LogP contribution in [-0.4, -0.2) is 17.4 Å². The number of nitrogens with two attached hydrogens (primary N) is 1. The van der Waals surface area contributed by atoms with Crippen LogP contribution < -0.4 is 11.1 Å². The topological polar surface area (TPSA) is 98.3 Å². The van der Waals surface area contributed by atoms with Crippen LogP contribution in [-0.2, 0) is 11.3 Å². The molecule has 0 fully saturated rings. The van der Waals surface area contributed by atoms with Crippen molar-refractivity contribution >= 4 is 11.6 Å². The summed E-state index contributed by atoms with van der Waals surface area (Å²) in [4.78, 5) is 21.2. The summed E-state index contributed by atoms with van der Waals surface area (Å²) in [6.07, 6.45) is 1.07. The first-order chi connectivity index (χ1) is 8.13. The van der Waals surface area contributed by atoms with Crippen molar-refractivity contribution in [2.24, 2.45) is 5.73 Å². The molecule has 3 N–H and O–H groups in total. The molecule has 0 bridgehead atoms. The molecule has 1 rings (SSSR count). The van der Waals surface area contributed by atoms with Crippen molar-refractivity contribution in [3.05, 3.63) is 39.9 Å². The Morgan fingerprint density at radius 1 is 1.35 bits per heavy atom. The molecule has 0 aliphatic rings. The van der Waals surface area contributed by atoms with E-state index < -0.39 is 4.92 Å². The number of nitrogens with one attached hydrogen (secondary N) is 1. The lowest BCUT2D eigenvalue weighted by atomic mass is 10.2. The summed E-state index contributed by atoms with van der Waals surface area (Å²) in [5, 5.41) is 13.1. The summed E-state index contributed by atoms with van der Waals surface area (Å²) in [6, 6.07) is 6.09. The van der Waals surface area contributed by atoms with Gasteiger partial charge in [0, 0.05) is 25.1 Å². The summed E-state index contributed by atoms with van der Waals surface area (Å²) in [7, 11) is 0. The minimum atomic E-state index is -0.455. The molecular weight excluding hydrogens is 222 g/mol. The molecule has 92 valence electrons. The van der Waals surface area contributed by atoms with Crippen molar-refractivity contribution < 1.29 is 9.72 Å². The quantitative estimate of drug-likeness (QED) is 0.568. The Bertz CT molecular complexity index is 389. The van der Waals surface area contributed by atoms with E-state index in [9.17, 15) is 14.9 Å². The lowest BCUT2D eigenvalue weighted by Gasteiger charge is -2.04. The smallest absolute Gasteiger partial charge is 0.269 e. The number of nitrogens with zero attached hydrogens (tertiary/aromatic N) is 1. The van der Waals surface area contributed by atoms with Crippen LogP contribution in [0.25, 0.3) is 0 Å². The molecule has 0 atom stereocenters. The highest BCUT2D eigenvalue weighted by molar-refractivity contribution is 5.75. The van der Waals surface area contributed by atoms with Crippen LogP contribution in [0.1, 0.15) is 18.4 Å². The molecular formula is C11H15N3O3. The average Bonchev–Trinajstić information content (AvgIpc) is 2.34. The molecule has 0 radical (unpaired) electrons. The molecule has 0 heterocycles. The van der Waals surface area contributed by atoms with Gasteiger partial charge in [0.2, 0.25) is 5.91 Å². The van der Waals surface area contributed by atoms with E-state index in [0.29, 0.717) is 25.9 Å². The monoisotopic (exact) mass is 237 g/mol. The third kappa shape index (κ3) is 4.60. The Balaban J connectivity index is 2.42. The minimum Gasteiger partial charge on any atom is -0.352 e. The third-order valence-corrected chi connectivity index (χ3v) is 2.24. The van der Waals surface area contributed by atoms with Gasteiger partial charge in [-0.05, 0) is 18.5 Å². The molecule has 0 aliphatic carbocycles. The Morgan fingerprint density at radius 2 is 2.00 bits per heavy atom. The van der Waals surface area contributed by atoms with Gasteiger partial charge < -0.3 is 11.1 Å². The number of rotatable bonds is 6. The zero-order chi connectivity index (χ0) is 12.7. The van der Waals surface area contributed by atoms with E-state index in [1.807, 2.05) is 0 Å². The number of nitro benzene ring substituents is 1. The Morgan fingerprint density at radius 3 is 2.53 bits per heavy atom. The predicted molar refractivity (Wildman–Crippen MR) is 63.2 cm³/mol. The van der Waals surface area contributed by atoms with Gasteiger partial charge in [0.25, 0.3) is 5.69 Å². The van der Waals surface area contributed by atoms with E-state index in [4.69, 9.17) is 5.73 Å². The molecule has 0 saturated carbocycles. The molecule has 6 heteroatoms. The summed E-state index contributed by atoms with van der Waals surface area (Å²) in [6.45, 7) is 0.867. The van der Waals surface area contributed by atoms with Crippen LogP contribution >= 0.6 is 0 Å². The first kappa shape index (κ1) is 13.1. The Kier molecular flexibility index (Phi) is 5.09. The number of amides is 1. The van der Waals surface area contributed by atoms with Gasteiger partial charge in [-0.15, -0.1) is 0 Å². The fourth-order valence-corrected chi connectivity index (χ4v) is 1.29. The molecule has 1 amide bonds. The number of hydrogen-bond donors (Lipinski definition) is 2. The molecule has 0 saturated heterocycles. The normalized spacial score (nSPS) is 9.94. The summed E-state index contributed by atoms with van der Waals surface area (Å²) >= 11 is 0. The molecule has 1 aromatic rings. The fourth-order valence-electron chi connectivity index (χ4n) is 1.29. The number of benzene rings is 1. The molecule has 0 spiro atoms. The number of carbonyl (C=O) groups excluding carboxylic acids is 1. The van der Waals surface area contributed by atoms with E-state index in [-0.39, 0.29) is 11.6 Å². The number of carbonyl (C=O) groups is 1. The minimum absolute atomic E-state index is 0.0446. The molecule has 1 aromatic carbocycles. The van der Waals surface area contributed by atoms with E-state index >= 15 is 0 Å². The van der Waals surface area contributed by atoms with Gasteiger partial charge in [-0.25, -0.2) is 0 Å². The Hall–Kier alpha value is -1.95. The lowest BCUT2D eigenvalue weighted by Crippen LogP contribution is -2.23. The molecule has 17 heavy (non-hydrogen) atoms. The summed E-state index contributed by atoms with van der Waals surface area (Å²) < 4.78 is 0. The first-order valence-electron chi connectivity index (χ1n) is 5.33. The third-order valence-electron chi connectivity index (χ3n) is 2.24. The molecule has 0 aliphatic heterocycles. The second-order valence-corrected chi connectivity index (χ2v) is 3.59. The first-order valence-corrected chi connectivity index (χ1v) is 5.33. The van der Waals surface area contributed by atoms with Gasteiger partial charge >= 0.3 is 0 Å². The largest absolute Gasteiger partial charge is 0.352 e. The average molecular weight is 237 g/mol. The van der Waals surface area contributed by atoms with Crippen LogP contribution in [0.4, 0.5) is 5.69 Å². The van der Waals surface area contributed by atoms with Crippen molar-refractivity contribution in [1.29, 1.82) is 0 Å². The van der Waals surface area contributed by atoms with E-state index in [0.717, 1.165) is 5.56 Å². The predicted octanol–water partition coefficient (Wildman–Crippen LogP) is 0.950. The SMILES string of the molecule is NCCCC(=O)NCc1ccc([N+](=O)[O-])cc1. The van der Waals surface area contributed by atoms with Gasteiger partial charge in [-0.1, -0.05) is 12.1 Å². The van der Waals surface area contributed by atoms with Gasteiger partial charge in [0.15, 0.2) is 0 Å². The van der Waals surface area contributed by atoms with Gasteiger partial charge in [-0.3, -0.25) is 14.9 Å². The zero-order valence-corrected chi connectivity index (χ0v) is 9.39. The van der Waals surface area contributed by atoms with Crippen molar-refractivity contribution in [2.75, 3.05) is 6.54 Å². The number of non-ortho nitro benzene ring substituents is 1. The van der Waals surface area contributed by atoms with Gasteiger partial charge in [0.1, 0.15) is 0 Å². The van der Waals surface area contributed by atoms with Crippen molar-refractivity contribution in [3.8, 4) is 0 Å². The maximum Gasteiger partial charge on any atom is 0.269 e. The van der Waals surface area contributed by atoms with Crippen LogP contribution in [0.15, 0.2) is 24.3 Å². The summed E-state index contributed by atoms with van der Waals surface area (Å²) in [5.41, 5.74) is 6.16. The highest BCUT2D eigenvalue weighted by Crippen LogP contribution is 2.11. The fraction of sp³-hybridized carbons (Fsp3) is 0.364. The van der Waals surface area contributed by atoms with Crippen molar-refractivity contribution in [1.82, 2.24) is 5.32 Å². The van der Waals surface area contributed by atoms with Crippen LogP contribution in [0.2, 0.25) is 0 Å². The van der Waals surface area contributed by atoms with Crippen molar-refractivity contribution in [3.63, 3.8) is 0 Å². The number of hydrogen-bond acceptors (Lipinski definition) is 4. The second-order valence-electron chi connectivity index (χ2n) is 3.59. The highest BCUT2D eigenvalue weighted by atomic mass is 16.6. The zero-order valence-electron chi connectivity index (χ0n) is 9.39. The second kappa shape index (κ2) is 6.59. The van der Waals surface area contributed by atoms with Crippen LogP contribution in [0, 0.1) is 10.1 Å². The van der Waals surface area contributed by atoms with Crippen LogP contribution in [0.5, 0.6) is 0 Å². The lowest BCUT2D eigenvalue weighted by molar-refractivity contribution is -0.384. The molecule has 0 unspecified atom stereocenters.